The van der Waals surface area contributed by atoms with Crippen LogP contribution in [-0.4, -0.2) is 11.5 Å². The summed E-state index contributed by atoms with van der Waals surface area (Å²) in [5.74, 6) is -0.220. The van der Waals surface area contributed by atoms with Gasteiger partial charge in [-0.1, -0.05) is 17.8 Å². The zero-order valence-corrected chi connectivity index (χ0v) is 11.0. The zero-order chi connectivity index (χ0) is 13.0. The molecule has 0 radical (unpaired) electrons. The molecule has 0 unspecified atom stereocenters. The number of halogens is 1. The highest BCUT2D eigenvalue weighted by Gasteiger charge is 2.04. The Morgan fingerprint density at radius 2 is 2.00 bits per heavy atom. The molecule has 1 aromatic heterocycles. The molecule has 0 aliphatic rings. The van der Waals surface area contributed by atoms with E-state index in [0.717, 1.165) is 27.5 Å². The molecule has 0 saturated carbocycles. The lowest BCUT2D eigenvalue weighted by Crippen LogP contribution is -2.03. The molecule has 1 aromatic carbocycles. The minimum atomic E-state index is -0.220. The van der Waals surface area contributed by atoms with Crippen LogP contribution in [0.2, 0.25) is 0 Å². The van der Waals surface area contributed by atoms with Crippen molar-refractivity contribution in [1.29, 1.82) is 0 Å². The monoisotopic (exact) mass is 262 g/mol. The Hall–Kier alpha value is -1.39. The van der Waals surface area contributed by atoms with Crippen LogP contribution in [0.3, 0.4) is 0 Å². The van der Waals surface area contributed by atoms with Crippen LogP contribution in [0, 0.1) is 12.7 Å². The van der Waals surface area contributed by atoms with E-state index in [4.69, 9.17) is 5.73 Å². The summed E-state index contributed by atoms with van der Waals surface area (Å²) in [5, 5.41) is 0.947. The third kappa shape index (κ3) is 3.31. The number of benzene rings is 1. The van der Waals surface area contributed by atoms with Crippen LogP contribution < -0.4 is 5.73 Å². The van der Waals surface area contributed by atoms with Gasteiger partial charge in [-0.15, -0.1) is 0 Å². The van der Waals surface area contributed by atoms with Gasteiger partial charge in [-0.05, 0) is 55.3 Å². The number of aryl methyl sites for hydroxylation is 1. The van der Waals surface area contributed by atoms with Crippen molar-refractivity contribution in [2.75, 3.05) is 6.54 Å². The van der Waals surface area contributed by atoms with Crippen LogP contribution in [0.5, 0.6) is 0 Å². The number of aromatic nitrogens is 1. The van der Waals surface area contributed by atoms with E-state index in [2.05, 4.69) is 11.1 Å². The third-order valence-corrected chi connectivity index (χ3v) is 3.68. The summed E-state index contributed by atoms with van der Waals surface area (Å²) in [5.41, 5.74) is 7.79. The van der Waals surface area contributed by atoms with Crippen LogP contribution in [0.1, 0.15) is 11.1 Å². The molecule has 4 heteroatoms. The number of hydrogen-bond donors (Lipinski definition) is 1. The fourth-order valence-corrected chi connectivity index (χ4v) is 2.47. The maximum atomic E-state index is 12.8. The second kappa shape index (κ2) is 5.98. The van der Waals surface area contributed by atoms with Gasteiger partial charge >= 0.3 is 0 Å². The maximum Gasteiger partial charge on any atom is 0.123 e. The van der Waals surface area contributed by atoms with Crippen molar-refractivity contribution in [2.45, 2.75) is 23.3 Å². The molecule has 0 atom stereocenters. The highest BCUT2D eigenvalue weighted by Crippen LogP contribution is 2.28. The van der Waals surface area contributed by atoms with Gasteiger partial charge in [0.05, 0.1) is 0 Å². The standard InChI is InChI=1S/C14H15FN2S/c1-10-8-11(6-7-16)9-17-14(10)18-13-4-2-12(15)3-5-13/h2-5,8-9H,6-7,16H2,1H3. The van der Waals surface area contributed by atoms with Crippen LogP contribution in [-0.2, 0) is 6.42 Å². The van der Waals surface area contributed by atoms with E-state index in [1.807, 2.05) is 13.1 Å². The predicted molar refractivity (Wildman–Crippen MR) is 72.3 cm³/mol. The molecule has 2 N–H and O–H groups in total. The summed E-state index contributed by atoms with van der Waals surface area (Å²) < 4.78 is 12.8. The van der Waals surface area contributed by atoms with E-state index in [1.54, 1.807) is 23.9 Å². The molecule has 0 bridgehead atoms. The Morgan fingerprint density at radius 1 is 1.28 bits per heavy atom. The van der Waals surface area contributed by atoms with Crippen molar-refractivity contribution in [3.63, 3.8) is 0 Å². The molecule has 2 aromatic rings. The maximum absolute atomic E-state index is 12.8. The average Bonchev–Trinajstić information content (AvgIpc) is 2.36. The average molecular weight is 262 g/mol. The van der Waals surface area contributed by atoms with Gasteiger partial charge in [0.15, 0.2) is 0 Å². The predicted octanol–water partition coefficient (Wildman–Crippen LogP) is 3.18. The first-order valence-electron chi connectivity index (χ1n) is 5.78. The van der Waals surface area contributed by atoms with E-state index in [0.29, 0.717) is 6.54 Å². The molecule has 94 valence electrons. The van der Waals surface area contributed by atoms with Crippen LogP contribution >= 0.6 is 11.8 Å². The molecule has 0 amide bonds. The van der Waals surface area contributed by atoms with E-state index >= 15 is 0 Å². The second-order valence-corrected chi connectivity index (χ2v) is 5.12. The summed E-state index contributed by atoms with van der Waals surface area (Å²) in [6.07, 6.45) is 2.70. The lowest BCUT2D eigenvalue weighted by Gasteiger charge is -2.06. The van der Waals surface area contributed by atoms with E-state index in [9.17, 15) is 4.39 Å². The van der Waals surface area contributed by atoms with Crippen molar-refractivity contribution < 1.29 is 4.39 Å². The van der Waals surface area contributed by atoms with Gasteiger partial charge in [-0.2, -0.15) is 0 Å². The third-order valence-electron chi connectivity index (χ3n) is 2.55. The first-order valence-corrected chi connectivity index (χ1v) is 6.59. The van der Waals surface area contributed by atoms with Crippen LogP contribution in [0.15, 0.2) is 46.5 Å². The number of pyridine rings is 1. The van der Waals surface area contributed by atoms with Gasteiger partial charge in [0.25, 0.3) is 0 Å². The summed E-state index contributed by atoms with van der Waals surface area (Å²) in [7, 11) is 0. The summed E-state index contributed by atoms with van der Waals surface area (Å²) in [4.78, 5) is 5.41. The van der Waals surface area contributed by atoms with Crippen molar-refractivity contribution in [2.24, 2.45) is 5.73 Å². The first kappa shape index (κ1) is 13.1. The molecule has 18 heavy (non-hydrogen) atoms. The minimum absolute atomic E-state index is 0.220. The van der Waals surface area contributed by atoms with Gasteiger partial charge < -0.3 is 5.73 Å². The lowest BCUT2D eigenvalue weighted by molar-refractivity contribution is 0.626. The molecule has 1 heterocycles. The van der Waals surface area contributed by atoms with Gasteiger partial charge in [-0.25, -0.2) is 9.37 Å². The Bertz CT molecular complexity index is 526. The molecule has 2 nitrogen and oxygen atoms in total. The van der Waals surface area contributed by atoms with Gasteiger partial charge in [0.2, 0.25) is 0 Å². The van der Waals surface area contributed by atoms with Gasteiger partial charge in [-0.3, -0.25) is 0 Å². The Labute approximate surface area is 110 Å². The molecule has 0 spiro atoms. The SMILES string of the molecule is Cc1cc(CCN)cnc1Sc1ccc(F)cc1. The molecule has 2 rings (SSSR count). The van der Waals surface area contributed by atoms with Gasteiger partial charge in [0, 0.05) is 11.1 Å². The topological polar surface area (TPSA) is 38.9 Å². The van der Waals surface area contributed by atoms with E-state index in [1.165, 1.54) is 12.1 Å². The number of nitrogens with zero attached hydrogens (tertiary/aromatic N) is 1. The van der Waals surface area contributed by atoms with Crippen molar-refractivity contribution in [3.8, 4) is 0 Å². The van der Waals surface area contributed by atoms with E-state index in [-0.39, 0.29) is 5.82 Å². The molecule has 0 saturated heterocycles. The molecular weight excluding hydrogens is 247 g/mol. The largest absolute Gasteiger partial charge is 0.330 e. The van der Waals surface area contributed by atoms with Crippen molar-refractivity contribution in [3.05, 3.63) is 53.5 Å². The summed E-state index contributed by atoms with van der Waals surface area (Å²) in [6, 6.07) is 8.54. The Kier molecular flexibility index (Phi) is 4.33. The van der Waals surface area contributed by atoms with Crippen molar-refractivity contribution >= 4 is 11.8 Å². The number of nitrogens with two attached hydrogens (primary N) is 1. The Balaban J connectivity index is 2.16. The van der Waals surface area contributed by atoms with Crippen molar-refractivity contribution in [1.82, 2.24) is 4.98 Å². The zero-order valence-electron chi connectivity index (χ0n) is 10.2. The number of rotatable bonds is 4. The summed E-state index contributed by atoms with van der Waals surface area (Å²) in [6.45, 7) is 2.66. The second-order valence-electron chi connectivity index (χ2n) is 4.06. The molecule has 0 fully saturated rings. The lowest BCUT2D eigenvalue weighted by atomic mass is 10.2. The highest BCUT2D eigenvalue weighted by molar-refractivity contribution is 7.99. The molecule has 0 aliphatic carbocycles. The Morgan fingerprint density at radius 3 is 2.61 bits per heavy atom. The first-order chi connectivity index (χ1) is 8.69. The fourth-order valence-electron chi connectivity index (χ4n) is 1.64. The number of hydrogen-bond acceptors (Lipinski definition) is 3. The quantitative estimate of drug-likeness (QED) is 0.919. The minimum Gasteiger partial charge on any atom is -0.330 e. The smallest absolute Gasteiger partial charge is 0.123 e. The molecular formula is C14H15FN2S. The van der Waals surface area contributed by atoms with Crippen LogP contribution in [0.4, 0.5) is 4.39 Å². The highest BCUT2D eigenvalue weighted by atomic mass is 32.2. The normalized spacial score (nSPS) is 10.6. The molecule has 0 aliphatic heterocycles. The van der Waals surface area contributed by atoms with E-state index < -0.39 is 0 Å². The fraction of sp³-hybridized carbons (Fsp3) is 0.214. The van der Waals surface area contributed by atoms with Gasteiger partial charge in [0.1, 0.15) is 10.8 Å². The summed E-state index contributed by atoms with van der Waals surface area (Å²) >= 11 is 1.54. The van der Waals surface area contributed by atoms with Crippen LogP contribution in [0.25, 0.3) is 0 Å².